The van der Waals surface area contributed by atoms with E-state index >= 15 is 0 Å². The normalized spacial score (nSPS) is 23.4. The van der Waals surface area contributed by atoms with Crippen molar-refractivity contribution in [1.82, 2.24) is 0 Å². The van der Waals surface area contributed by atoms with Crippen LogP contribution in [0.2, 0.25) is 0 Å². The van der Waals surface area contributed by atoms with Gasteiger partial charge in [0.2, 0.25) is 0 Å². The average molecular weight is 312 g/mol. The molecule has 0 saturated heterocycles. The lowest BCUT2D eigenvalue weighted by atomic mass is 10.0. The van der Waals surface area contributed by atoms with Crippen LogP contribution < -0.4 is 0 Å². The van der Waals surface area contributed by atoms with Crippen molar-refractivity contribution >= 4 is 11.9 Å². The van der Waals surface area contributed by atoms with Gasteiger partial charge in [-0.15, -0.1) is 0 Å². The Balaban J connectivity index is 2.07. The van der Waals surface area contributed by atoms with Crippen molar-refractivity contribution in [2.45, 2.75) is 84.0 Å². The van der Waals surface area contributed by atoms with Gasteiger partial charge in [0.1, 0.15) is 0 Å². The summed E-state index contributed by atoms with van der Waals surface area (Å²) in [6, 6.07) is 0. The second-order valence-corrected chi connectivity index (χ2v) is 6.74. The summed E-state index contributed by atoms with van der Waals surface area (Å²) in [5, 5.41) is 17.9. The van der Waals surface area contributed by atoms with Crippen LogP contribution >= 0.6 is 0 Å². The summed E-state index contributed by atoms with van der Waals surface area (Å²) in [4.78, 5) is 21.7. The minimum absolute atomic E-state index is 0.160. The molecule has 0 spiro atoms. The molecule has 22 heavy (non-hydrogen) atoms. The number of carboxylic acids is 2. The molecule has 3 unspecified atom stereocenters. The van der Waals surface area contributed by atoms with Gasteiger partial charge in [-0.25, -0.2) is 0 Å². The fourth-order valence-corrected chi connectivity index (χ4v) is 3.60. The maximum atomic E-state index is 11.2. The third-order valence-corrected chi connectivity index (χ3v) is 4.94. The van der Waals surface area contributed by atoms with Gasteiger partial charge in [-0.3, -0.25) is 9.59 Å². The van der Waals surface area contributed by atoms with E-state index in [1.54, 1.807) is 0 Å². The largest absolute Gasteiger partial charge is 0.481 e. The molecule has 1 fully saturated rings. The van der Waals surface area contributed by atoms with E-state index in [1.165, 1.54) is 44.9 Å². The minimum Gasteiger partial charge on any atom is -0.481 e. The molecule has 0 aromatic carbocycles. The third-order valence-electron chi connectivity index (χ3n) is 4.94. The first-order valence-electron chi connectivity index (χ1n) is 9.02. The van der Waals surface area contributed by atoms with E-state index in [0.29, 0.717) is 12.3 Å². The lowest BCUT2D eigenvalue weighted by molar-refractivity contribution is -0.139. The molecule has 0 aromatic rings. The van der Waals surface area contributed by atoms with Gasteiger partial charge in [0.15, 0.2) is 0 Å². The predicted molar refractivity (Wildman–Crippen MR) is 86.8 cm³/mol. The van der Waals surface area contributed by atoms with Gasteiger partial charge in [0.25, 0.3) is 0 Å². The van der Waals surface area contributed by atoms with E-state index in [0.717, 1.165) is 19.3 Å². The number of aliphatic carboxylic acids is 2. The van der Waals surface area contributed by atoms with Gasteiger partial charge in [-0.05, 0) is 31.1 Å². The fourth-order valence-electron chi connectivity index (χ4n) is 3.60. The van der Waals surface area contributed by atoms with Crippen molar-refractivity contribution < 1.29 is 19.8 Å². The van der Waals surface area contributed by atoms with Gasteiger partial charge in [0, 0.05) is 6.42 Å². The Morgan fingerprint density at radius 1 is 0.773 bits per heavy atom. The Morgan fingerprint density at radius 3 is 1.77 bits per heavy atom. The van der Waals surface area contributed by atoms with Crippen LogP contribution in [0.1, 0.15) is 84.0 Å². The quantitative estimate of drug-likeness (QED) is 0.455. The van der Waals surface area contributed by atoms with Crippen LogP contribution in [0.4, 0.5) is 0 Å². The highest BCUT2D eigenvalue weighted by atomic mass is 16.4. The zero-order valence-electron chi connectivity index (χ0n) is 13.9. The monoisotopic (exact) mass is 312 g/mol. The topological polar surface area (TPSA) is 74.6 Å². The second-order valence-electron chi connectivity index (χ2n) is 6.74. The minimum atomic E-state index is -0.785. The SMILES string of the molecule is CCCCCCCCCCC1C(CCCC(=O)O)C1C(=O)O. The molecular weight excluding hydrogens is 280 g/mol. The van der Waals surface area contributed by atoms with Crippen LogP contribution in [0, 0.1) is 17.8 Å². The summed E-state index contributed by atoms with van der Waals surface area (Å²) in [7, 11) is 0. The van der Waals surface area contributed by atoms with E-state index in [9.17, 15) is 14.7 Å². The lowest BCUT2D eigenvalue weighted by Crippen LogP contribution is -2.01. The number of rotatable bonds is 14. The van der Waals surface area contributed by atoms with Crippen LogP contribution in [-0.4, -0.2) is 22.2 Å². The highest BCUT2D eigenvalue weighted by molar-refractivity contribution is 5.74. The molecule has 3 atom stereocenters. The first-order valence-corrected chi connectivity index (χ1v) is 9.02. The number of unbranched alkanes of at least 4 members (excludes halogenated alkanes) is 7. The number of carboxylic acid groups (broad SMARTS) is 2. The molecular formula is C18H32O4. The van der Waals surface area contributed by atoms with Gasteiger partial charge in [-0.2, -0.15) is 0 Å². The van der Waals surface area contributed by atoms with Crippen molar-refractivity contribution in [1.29, 1.82) is 0 Å². The van der Waals surface area contributed by atoms with Crippen molar-refractivity contribution in [3.8, 4) is 0 Å². The van der Waals surface area contributed by atoms with Crippen LogP contribution in [-0.2, 0) is 9.59 Å². The van der Waals surface area contributed by atoms with E-state index in [2.05, 4.69) is 6.92 Å². The maximum Gasteiger partial charge on any atom is 0.307 e. The molecule has 128 valence electrons. The summed E-state index contributed by atoms with van der Waals surface area (Å²) in [6.07, 6.45) is 12.7. The zero-order chi connectivity index (χ0) is 16.4. The predicted octanol–water partition coefficient (Wildman–Crippen LogP) is 4.72. The van der Waals surface area contributed by atoms with Crippen molar-refractivity contribution in [2.75, 3.05) is 0 Å². The molecule has 0 amide bonds. The molecule has 4 heteroatoms. The van der Waals surface area contributed by atoms with E-state index < -0.39 is 11.9 Å². The van der Waals surface area contributed by atoms with Crippen molar-refractivity contribution in [3.05, 3.63) is 0 Å². The molecule has 1 aliphatic rings. The van der Waals surface area contributed by atoms with Crippen LogP contribution in [0.15, 0.2) is 0 Å². The smallest absolute Gasteiger partial charge is 0.307 e. The summed E-state index contributed by atoms with van der Waals surface area (Å²) >= 11 is 0. The fraction of sp³-hybridized carbons (Fsp3) is 0.889. The Labute approximate surface area is 134 Å². The van der Waals surface area contributed by atoms with Crippen LogP contribution in [0.25, 0.3) is 0 Å². The summed E-state index contributed by atoms with van der Waals surface area (Å²) in [6.45, 7) is 2.22. The highest BCUT2D eigenvalue weighted by Crippen LogP contribution is 2.52. The maximum absolute atomic E-state index is 11.2. The highest BCUT2D eigenvalue weighted by Gasteiger charge is 2.53. The third kappa shape index (κ3) is 7.28. The molecule has 2 N–H and O–H groups in total. The molecule has 0 aromatic heterocycles. The summed E-state index contributed by atoms with van der Waals surface area (Å²) in [5.41, 5.74) is 0. The Hall–Kier alpha value is -1.06. The number of hydrogen-bond donors (Lipinski definition) is 2. The van der Waals surface area contributed by atoms with Crippen LogP contribution in [0.3, 0.4) is 0 Å². The van der Waals surface area contributed by atoms with Crippen molar-refractivity contribution in [2.24, 2.45) is 17.8 Å². The standard InChI is InChI=1S/C18H32O4/c1-2-3-4-5-6-7-8-9-11-14-15(17(14)18(21)22)12-10-13-16(19)20/h14-15,17H,2-13H2,1H3,(H,19,20)(H,21,22). The van der Waals surface area contributed by atoms with E-state index in [1.807, 2.05) is 0 Å². The van der Waals surface area contributed by atoms with E-state index in [-0.39, 0.29) is 18.3 Å². The molecule has 0 aliphatic heterocycles. The van der Waals surface area contributed by atoms with E-state index in [4.69, 9.17) is 5.11 Å². The molecule has 1 aliphatic carbocycles. The lowest BCUT2D eigenvalue weighted by Gasteiger charge is -2.02. The molecule has 0 heterocycles. The van der Waals surface area contributed by atoms with Gasteiger partial charge >= 0.3 is 11.9 Å². The molecule has 0 bridgehead atoms. The molecule has 0 radical (unpaired) electrons. The Bertz CT molecular complexity index is 340. The summed E-state index contributed by atoms with van der Waals surface area (Å²) in [5.74, 6) is -1.16. The first-order chi connectivity index (χ1) is 10.6. The Kier molecular flexibility index (Phi) is 9.17. The molecule has 4 nitrogen and oxygen atoms in total. The Morgan fingerprint density at radius 2 is 1.27 bits per heavy atom. The second kappa shape index (κ2) is 10.6. The first kappa shape index (κ1) is 19.0. The number of hydrogen-bond acceptors (Lipinski definition) is 2. The van der Waals surface area contributed by atoms with Crippen LogP contribution in [0.5, 0.6) is 0 Å². The zero-order valence-corrected chi connectivity index (χ0v) is 13.9. The van der Waals surface area contributed by atoms with Gasteiger partial charge in [0.05, 0.1) is 5.92 Å². The number of carbonyl (C=O) groups is 2. The molecule has 1 rings (SSSR count). The van der Waals surface area contributed by atoms with Gasteiger partial charge in [-0.1, -0.05) is 58.3 Å². The summed E-state index contributed by atoms with van der Waals surface area (Å²) < 4.78 is 0. The van der Waals surface area contributed by atoms with Crippen molar-refractivity contribution in [3.63, 3.8) is 0 Å². The van der Waals surface area contributed by atoms with Gasteiger partial charge < -0.3 is 10.2 Å². The average Bonchev–Trinajstić information content (AvgIpc) is 3.14. The molecule has 1 saturated carbocycles.